The number of carbonyl (C=O) groups excluding carboxylic acids is 1. The van der Waals surface area contributed by atoms with E-state index in [1.165, 1.54) is 18.1 Å². The number of ether oxygens (including phenoxy) is 1. The van der Waals surface area contributed by atoms with Gasteiger partial charge in [-0.1, -0.05) is 23.9 Å². The average molecular weight is 303 g/mol. The molecule has 0 saturated heterocycles. The molecule has 0 unspecified atom stereocenters. The zero-order chi connectivity index (χ0) is 15.2. The molecule has 0 spiro atoms. The molecule has 2 aromatic rings. The summed E-state index contributed by atoms with van der Waals surface area (Å²) in [6, 6.07) is 9.18. The van der Waals surface area contributed by atoms with Gasteiger partial charge in [-0.25, -0.2) is 9.97 Å². The van der Waals surface area contributed by atoms with Gasteiger partial charge in [0.05, 0.1) is 18.0 Å². The zero-order valence-electron chi connectivity index (χ0n) is 12.2. The van der Waals surface area contributed by atoms with Crippen molar-refractivity contribution >= 4 is 23.4 Å². The Balaban J connectivity index is 2.02. The summed E-state index contributed by atoms with van der Waals surface area (Å²) in [5.41, 5.74) is 1.54. The summed E-state index contributed by atoms with van der Waals surface area (Å²) in [5, 5.41) is 3.38. The minimum Gasteiger partial charge on any atom is -0.495 e. The second kappa shape index (κ2) is 7.08. The fourth-order valence-corrected chi connectivity index (χ4v) is 2.59. The molecule has 1 atom stereocenters. The van der Waals surface area contributed by atoms with E-state index in [0.717, 1.165) is 10.7 Å². The van der Waals surface area contributed by atoms with E-state index in [4.69, 9.17) is 4.74 Å². The van der Waals surface area contributed by atoms with Crippen LogP contribution in [-0.4, -0.2) is 28.2 Å². The maximum Gasteiger partial charge on any atom is 0.237 e. The molecular weight excluding hydrogens is 286 g/mol. The SMILES string of the molecule is COc1ccccc1NC(=O)[C@H](C)Sc1cc(C)ncn1. The van der Waals surface area contributed by atoms with E-state index in [0.29, 0.717) is 11.4 Å². The van der Waals surface area contributed by atoms with Gasteiger partial charge in [0.1, 0.15) is 17.1 Å². The standard InChI is InChI=1S/C15H17N3O2S/c1-10-8-14(17-9-16-10)21-11(2)15(19)18-12-6-4-5-7-13(12)20-3/h4-9,11H,1-3H3,(H,18,19)/t11-/m0/s1. The molecule has 1 amide bonds. The van der Waals surface area contributed by atoms with Crippen LogP contribution in [-0.2, 0) is 4.79 Å². The normalized spacial score (nSPS) is 11.8. The van der Waals surface area contributed by atoms with Crippen molar-refractivity contribution < 1.29 is 9.53 Å². The number of methoxy groups -OCH3 is 1. The molecule has 0 radical (unpaired) electrons. The van der Waals surface area contributed by atoms with E-state index >= 15 is 0 Å². The highest BCUT2D eigenvalue weighted by atomic mass is 32.2. The summed E-state index contributed by atoms with van der Waals surface area (Å²) < 4.78 is 5.22. The topological polar surface area (TPSA) is 64.1 Å². The molecule has 1 aromatic carbocycles. The van der Waals surface area contributed by atoms with Gasteiger partial charge in [-0.15, -0.1) is 0 Å². The van der Waals surface area contributed by atoms with Gasteiger partial charge in [0.15, 0.2) is 0 Å². The molecule has 5 nitrogen and oxygen atoms in total. The van der Waals surface area contributed by atoms with Crippen molar-refractivity contribution in [3.05, 3.63) is 42.4 Å². The summed E-state index contributed by atoms with van der Waals surface area (Å²) in [6.45, 7) is 3.73. The average Bonchev–Trinajstić information content (AvgIpc) is 2.47. The van der Waals surface area contributed by atoms with E-state index in [-0.39, 0.29) is 11.2 Å². The molecule has 0 saturated carbocycles. The second-order valence-corrected chi connectivity index (χ2v) is 5.81. The van der Waals surface area contributed by atoms with Crippen LogP contribution in [0.25, 0.3) is 0 Å². The Morgan fingerprint density at radius 1 is 1.33 bits per heavy atom. The van der Waals surface area contributed by atoms with Crippen molar-refractivity contribution in [1.82, 2.24) is 9.97 Å². The Morgan fingerprint density at radius 3 is 2.81 bits per heavy atom. The molecule has 1 aromatic heterocycles. The highest BCUT2D eigenvalue weighted by Crippen LogP contribution is 2.26. The molecule has 2 rings (SSSR count). The van der Waals surface area contributed by atoms with Crippen LogP contribution in [0, 0.1) is 6.92 Å². The summed E-state index contributed by atoms with van der Waals surface area (Å²) in [6.07, 6.45) is 1.50. The van der Waals surface area contributed by atoms with Crippen LogP contribution in [0.4, 0.5) is 5.69 Å². The molecule has 110 valence electrons. The lowest BCUT2D eigenvalue weighted by Crippen LogP contribution is -2.22. The fraction of sp³-hybridized carbons (Fsp3) is 0.267. The van der Waals surface area contributed by atoms with Crippen LogP contribution in [0.2, 0.25) is 0 Å². The van der Waals surface area contributed by atoms with E-state index in [2.05, 4.69) is 15.3 Å². The number of amides is 1. The summed E-state index contributed by atoms with van der Waals surface area (Å²) in [5.74, 6) is 0.543. The Morgan fingerprint density at radius 2 is 2.10 bits per heavy atom. The largest absolute Gasteiger partial charge is 0.495 e. The predicted molar refractivity (Wildman–Crippen MR) is 83.7 cm³/mol. The van der Waals surface area contributed by atoms with E-state index < -0.39 is 0 Å². The summed E-state index contributed by atoms with van der Waals surface area (Å²) in [4.78, 5) is 20.4. The Kier molecular flexibility index (Phi) is 5.16. The third-order valence-electron chi connectivity index (χ3n) is 2.81. The van der Waals surface area contributed by atoms with Gasteiger partial charge < -0.3 is 10.1 Å². The fourth-order valence-electron chi connectivity index (χ4n) is 1.71. The molecule has 0 aliphatic rings. The number of nitrogens with one attached hydrogen (secondary N) is 1. The minimum absolute atomic E-state index is 0.0965. The molecule has 1 N–H and O–H groups in total. The van der Waals surface area contributed by atoms with Crippen molar-refractivity contribution in [2.45, 2.75) is 24.1 Å². The first-order chi connectivity index (χ1) is 10.1. The minimum atomic E-state index is -0.274. The zero-order valence-corrected chi connectivity index (χ0v) is 13.0. The van der Waals surface area contributed by atoms with Crippen LogP contribution in [0.5, 0.6) is 5.75 Å². The number of thioether (sulfide) groups is 1. The smallest absolute Gasteiger partial charge is 0.237 e. The highest BCUT2D eigenvalue weighted by Gasteiger charge is 2.16. The lowest BCUT2D eigenvalue weighted by Gasteiger charge is -2.13. The molecule has 0 fully saturated rings. The number of hydrogen-bond acceptors (Lipinski definition) is 5. The van der Waals surface area contributed by atoms with Gasteiger partial charge in [0.2, 0.25) is 5.91 Å². The number of aryl methyl sites for hydroxylation is 1. The molecule has 6 heteroatoms. The van der Waals surface area contributed by atoms with Crippen LogP contribution in [0.15, 0.2) is 41.7 Å². The third kappa shape index (κ3) is 4.19. The van der Waals surface area contributed by atoms with Crippen molar-refractivity contribution in [2.75, 3.05) is 12.4 Å². The monoisotopic (exact) mass is 303 g/mol. The molecule has 0 aliphatic carbocycles. The van der Waals surface area contributed by atoms with Crippen molar-refractivity contribution in [3.63, 3.8) is 0 Å². The van der Waals surface area contributed by atoms with Gasteiger partial charge in [-0.2, -0.15) is 0 Å². The highest BCUT2D eigenvalue weighted by molar-refractivity contribution is 8.00. The number of nitrogens with zero attached hydrogens (tertiary/aromatic N) is 2. The van der Waals surface area contributed by atoms with Crippen LogP contribution < -0.4 is 10.1 Å². The molecular formula is C15H17N3O2S. The first-order valence-electron chi connectivity index (χ1n) is 6.49. The summed E-state index contributed by atoms with van der Waals surface area (Å²) >= 11 is 1.39. The van der Waals surface area contributed by atoms with Gasteiger partial charge in [0.25, 0.3) is 0 Å². The summed E-state index contributed by atoms with van der Waals surface area (Å²) in [7, 11) is 1.58. The van der Waals surface area contributed by atoms with Crippen molar-refractivity contribution in [3.8, 4) is 5.75 Å². The number of para-hydroxylation sites is 2. The molecule has 1 heterocycles. The van der Waals surface area contributed by atoms with Crippen LogP contribution in [0.3, 0.4) is 0 Å². The van der Waals surface area contributed by atoms with Crippen molar-refractivity contribution in [1.29, 1.82) is 0 Å². The molecule has 0 bridgehead atoms. The second-order valence-electron chi connectivity index (χ2n) is 4.45. The van der Waals surface area contributed by atoms with Crippen LogP contribution in [0.1, 0.15) is 12.6 Å². The first-order valence-corrected chi connectivity index (χ1v) is 7.37. The van der Waals surface area contributed by atoms with E-state index in [9.17, 15) is 4.79 Å². The first kappa shape index (κ1) is 15.3. The number of benzene rings is 1. The molecule has 21 heavy (non-hydrogen) atoms. The number of carbonyl (C=O) groups is 1. The van der Waals surface area contributed by atoms with Gasteiger partial charge in [-0.05, 0) is 32.0 Å². The Bertz CT molecular complexity index is 634. The maximum atomic E-state index is 12.2. The molecule has 0 aliphatic heterocycles. The van der Waals surface area contributed by atoms with Gasteiger partial charge >= 0.3 is 0 Å². The lowest BCUT2D eigenvalue weighted by molar-refractivity contribution is -0.115. The number of anilines is 1. The quantitative estimate of drug-likeness (QED) is 0.679. The van der Waals surface area contributed by atoms with E-state index in [1.54, 1.807) is 13.2 Å². The van der Waals surface area contributed by atoms with Crippen molar-refractivity contribution in [2.24, 2.45) is 0 Å². The number of hydrogen-bond donors (Lipinski definition) is 1. The van der Waals surface area contributed by atoms with E-state index in [1.807, 2.05) is 38.1 Å². The van der Waals surface area contributed by atoms with Crippen LogP contribution >= 0.6 is 11.8 Å². The number of aromatic nitrogens is 2. The number of rotatable bonds is 5. The Labute approximate surface area is 128 Å². The third-order valence-corrected chi connectivity index (χ3v) is 3.84. The van der Waals surface area contributed by atoms with Gasteiger partial charge in [-0.3, -0.25) is 4.79 Å². The lowest BCUT2D eigenvalue weighted by atomic mass is 10.3. The predicted octanol–water partition coefficient (Wildman–Crippen LogP) is 2.91. The maximum absolute atomic E-state index is 12.2. The Hall–Kier alpha value is -2.08. The van der Waals surface area contributed by atoms with Gasteiger partial charge in [0, 0.05) is 5.69 Å².